The first-order valence-electron chi connectivity index (χ1n) is 6.24. The highest BCUT2D eigenvalue weighted by atomic mass is 32.2. The molecule has 1 aliphatic rings. The van der Waals surface area contributed by atoms with Crippen LogP contribution in [-0.2, 0) is 4.79 Å². The average molecular weight is 318 g/mol. The molecule has 0 bridgehead atoms. The van der Waals surface area contributed by atoms with Crippen molar-refractivity contribution in [1.82, 2.24) is 10.6 Å². The van der Waals surface area contributed by atoms with E-state index in [0.29, 0.717) is 5.56 Å². The summed E-state index contributed by atoms with van der Waals surface area (Å²) in [6.45, 7) is -0.0642. The maximum atomic E-state index is 11.9. The maximum Gasteiger partial charge on any atom is 0.441 e. The van der Waals surface area contributed by atoms with Crippen LogP contribution in [0.1, 0.15) is 28.4 Å². The van der Waals surface area contributed by atoms with E-state index < -0.39 is 11.6 Å². The van der Waals surface area contributed by atoms with Crippen LogP contribution in [0.15, 0.2) is 24.3 Å². The smallest absolute Gasteiger partial charge is 0.355 e. The van der Waals surface area contributed by atoms with Crippen molar-refractivity contribution in [2.75, 3.05) is 12.3 Å². The number of hydrogen-bond donors (Lipinski definition) is 2. The van der Waals surface area contributed by atoms with Gasteiger partial charge in [0.15, 0.2) is 0 Å². The number of rotatable bonds is 5. The molecule has 0 spiro atoms. The second kappa shape index (κ2) is 6.38. The second-order valence-corrected chi connectivity index (χ2v) is 5.62. The fourth-order valence-electron chi connectivity index (χ4n) is 2.10. The highest BCUT2D eigenvalue weighted by Gasteiger charge is 2.30. The Bertz CT molecular complexity index is 548. The Kier molecular flexibility index (Phi) is 4.76. The van der Waals surface area contributed by atoms with E-state index in [9.17, 15) is 22.8 Å². The number of amides is 2. The first-order valence-corrected chi connectivity index (χ1v) is 7.22. The van der Waals surface area contributed by atoms with Crippen molar-refractivity contribution in [3.63, 3.8) is 0 Å². The van der Waals surface area contributed by atoms with Crippen molar-refractivity contribution >= 4 is 23.6 Å². The molecule has 8 heteroatoms. The van der Waals surface area contributed by atoms with Crippen molar-refractivity contribution in [2.45, 2.75) is 18.0 Å². The van der Waals surface area contributed by atoms with Crippen LogP contribution in [0.2, 0.25) is 0 Å². The van der Waals surface area contributed by atoms with Crippen LogP contribution in [0.25, 0.3) is 0 Å². The highest BCUT2D eigenvalue weighted by molar-refractivity contribution is 8.00. The number of carbonyl (C=O) groups excluding carboxylic acids is 2. The minimum atomic E-state index is -4.29. The predicted molar refractivity (Wildman–Crippen MR) is 72.8 cm³/mol. The van der Waals surface area contributed by atoms with Crippen LogP contribution in [-0.4, -0.2) is 29.6 Å². The SMILES string of the molecule is O=C(C[C@H]1NC(=O)c2ccccc21)NCCSC(F)(F)F. The molecule has 0 unspecified atom stereocenters. The lowest BCUT2D eigenvalue weighted by molar-refractivity contribution is -0.121. The van der Waals surface area contributed by atoms with E-state index in [1.165, 1.54) is 0 Å². The van der Waals surface area contributed by atoms with Crippen molar-refractivity contribution in [2.24, 2.45) is 0 Å². The van der Waals surface area contributed by atoms with E-state index in [0.717, 1.165) is 5.56 Å². The third-order valence-corrected chi connectivity index (χ3v) is 3.70. The molecule has 2 N–H and O–H groups in total. The quantitative estimate of drug-likeness (QED) is 0.819. The van der Waals surface area contributed by atoms with Gasteiger partial charge < -0.3 is 10.6 Å². The molecule has 0 aromatic heterocycles. The van der Waals surface area contributed by atoms with Crippen LogP contribution >= 0.6 is 11.8 Å². The summed E-state index contributed by atoms with van der Waals surface area (Å²) >= 11 is -0.177. The van der Waals surface area contributed by atoms with E-state index in [1.54, 1.807) is 24.3 Å². The van der Waals surface area contributed by atoms with Gasteiger partial charge in [0.1, 0.15) is 0 Å². The Hall–Kier alpha value is -1.70. The minimum Gasteiger partial charge on any atom is -0.355 e. The van der Waals surface area contributed by atoms with E-state index in [1.807, 2.05) is 0 Å². The molecule has 1 aromatic rings. The molecule has 1 atom stereocenters. The van der Waals surface area contributed by atoms with Gasteiger partial charge in [-0.25, -0.2) is 0 Å². The normalized spacial score (nSPS) is 17.3. The Balaban J connectivity index is 1.81. The molecule has 114 valence electrons. The highest BCUT2D eigenvalue weighted by Crippen LogP contribution is 2.29. The van der Waals surface area contributed by atoms with Crippen LogP contribution in [0.5, 0.6) is 0 Å². The van der Waals surface area contributed by atoms with Gasteiger partial charge in [0.05, 0.1) is 12.5 Å². The summed E-state index contributed by atoms with van der Waals surface area (Å²) in [6, 6.07) is 6.50. The molecule has 0 aliphatic carbocycles. The molecule has 0 fully saturated rings. The minimum absolute atomic E-state index is 0.0133. The predicted octanol–water partition coefficient (Wildman–Crippen LogP) is 2.23. The topological polar surface area (TPSA) is 58.2 Å². The molecule has 0 saturated carbocycles. The monoisotopic (exact) mass is 318 g/mol. The standard InChI is InChI=1S/C13H13F3N2O2S/c14-13(15,16)21-6-5-17-11(19)7-10-8-3-1-2-4-9(8)12(20)18-10/h1-4,10H,5-7H2,(H,17,19)(H,18,20)/t10-/m1/s1. The summed E-state index contributed by atoms with van der Waals surface area (Å²) in [7, 11) is 0. The molecule has 1 aromatic carbocycles. The van der Waals surface area contributed by atoms with E-state index >= 15 is 0 Å². The summed E-state index contributed by atoms with van der Waals surface area (Å²) in [6.07, 6.45) is 0.0133. The molecular weight excluding hydrogens is 305 g/mol. The molecule has 1 heterocycles. The van der Waals surface area contributed by atoms with Crippen LogP contribution in [0.4, 0.5) is 13.2 Å². The van der Waals surface area contributed by atoms with Gasteiger partial charge in [-0.15, -0.1) is 0 Å². The number of alkyl halides is 3. The van der Waals surface area contributed by atoms with Gasteiger partial charge in [-0.05, 0) is 23.4 Å². The molecule has 2 amide bonds. The number of benzene rings is 1. The molecular formula is C13H13F3N2O2S. The lowest BCUT2D eigenvalue weighted by atomic mass is 10.0. The number of fused-ring (bicyclic) bond motifs is 1. The average Bonchev–Trinajstić information content (AvgIpc) is 2.71. The first-order chi connectivity index (χ1) is 9.87. The van der Waals surface area contributed by atoms with Gasteiger partial charge in [-0.1, -0.05) is 18.2 Å². The summed E-state index contributed by atoms with van der Waals surface area (Å²) in [5, 5.41) is 5.10. The molecule has 21 heavy (non-hydrogen) atoms. The molecule has 0 saturated heterocycles. The number of thioether (sulfide) groups is 1. The fourth-order valence-corrected chi connectivity index (χ4v) is 2.53. The lowest BCUT2D eigenvalue weighted by Gasteiger charge is -2.12. The van der Waals surface area contributed by atoms with Crippen molar-refractivity contribution in [1.29, 1.82) is 0 Å². The summed E-state index contributed by atoms with van der Waals surface area (Å²) in [4.78, 5) is 23.3. The van der Waals surface area contributed by atoms with Crippen LogP contribution < -0.4 is 10.6 Å². The summed E-state index contributed by atoms with van der Waals surface area (Å²) in [5.41, 5.74) is -3.02. The van der Waals surface area contributed by atoms with Crippen LogP contribution in [0.3, 0.4) is 0 Å². The number of nitrogens with one attached hydrogen (secondary N) is 2. The zero-order chi connectivity index (χ0) is 15.5. The van der Waals surface area contributed by atoms with Crippen molar-refractivity contribution < 1.29 is 22.8 Å². The number of hydrogen-bond acceptors (Lipinski definition) is 3. The van der Waals surface area contributed by atoms with E-state index in [-0.39, 0.29) is 42.3 Å². The molecule has 1 aliphatic heterocycles. The van der Waals surface area contributed by atoms with Crippen molar-refractivity contribution in [3.05, 3.63) is 35.4 Å². The third-order valence-electron chi connectivity index (χ3n) is 2.97. The zero-order valence-corrected chi connectivity index (χ0v) is 11.7. The summed E-state index contributed by atoms with van der Waals surface area (Å²) < 4.78 is 35.8. The Labute approximate surface area is 123 Å². The van der Waals surface area contributed by atoms with Gasteiger partial charge in [0, 0.05) is 17.9 Å². The fraction of sp³-hybridized carbons (Fsp3) is 0.385. The Morgan fingerprint density at radius 3 is 2.76 bits per heavy atom. The zero-order valence-electron chi connectivity index (χ0n) is 10.9. The number of halogens is 3. The van der Waals surface area contributed by atoms with Crippen molar-refractivity contribution in [3.8, 4) is 0 Å². The van der Waals surface area contributed by atoms with Gasteiger partial charge in [0.2, 0.25) is 5.91 Å². The summed E-state index contributed by atoms with van der Waals surface area (Å²) in [5.74, 6) is -0.862. The largest absolute Gasteiger partial charge is 0.441 e. The lowest BCUT2D eigenvalue weighted by Crippen LogP contribution is -2.30. The number of carbonyl (C=O) groups is 2. The second-order valence-electron chi connectivity index (χ2n) is 4.46. The van der Waals surface area contributed by atoms with Gasteiger partial charge in [-0.3, -0.25) is 9.59 Å². The first kappa shape index (κ1) is 15.7. The van der Waals surface area contributed by atoms with Gasteiger partial charge in [-0.2, -0.15) is 13.2 Å². The molecule has 2 rings (SSSR count). The van der Waals surface area contributed by atoms with Crippen LogP contribution in [0, 0.1) is 0 Å². The van der Waals surface area contributed by atoms with Gasteiger partial charge >= 0.3 is 5.51 Å². The molecule has 4 nitrogen and oxygen atoms in total. The Morgan fingerprint density at radius 2 is 2.05 bits per heavy atom. The van der Waals surface area contributed by atoms with E-state index in [4.69, 9.17) is 0 Å². The van der Waals surface area contributed by atoms with Gasteiger partial charge in [0.25, 0.3) is 5.91 Å². The third kappa shape index (κ3) is 4.38. The maximum absolute atomic E-state index is 11.9. The Morgan fingerprint density at radius 1 is 1.33 bits per heavy atom. The molecule has 0 radical (unpaired) electrons. The van der Waals surface area contributed by atoms with E-state index in [2.05, 4.69) is 10.6 Å².